The van der Waals surface area contributed by atoms with Crippen LogP contribution in [-0.4, -0.2) is 10.9 Å². The number of anilines is 1. The molecule has 0 unspecified atom stereocenters. The normalized spacial score (nSPS) is 11.0. The molecule has 1 N–H and O–H groups in total. The lowest BCUT2D eigenvalue weighted by atomic mass is 9.90. The van der Waals surface area contributed by atoms with Gasteiger partial charge in [-0.1, -0.05) is 103 Å². The van der Waals surface area contributed by atoms with Crippen molar-refractivity contribution in [1.29, 1.82) is 0 Å². The number of aromatic nitrogens is 1. The molecule has 1 amide bonds. The summed E-state index contributed by atoms with van der Waals surface area (Å²) in [6.07, 6.45) is 1.84. The quantitative estimate of drug-likeness (QED) is 0.292. The smallest absolute Gasteiger partial charge is 0.238 e. The largest absolute Gasteiger partial charge is 0.301 e. The van der Waals surface area contributed by atoms with E-state index in [1.807, 2.05) is 72.8 Å². The van der Waals surface area contributed by atoms with Gasteiger partial charge < -0.3 is 5.32 Å². The Labute approximate surface area is 202 Å². The SMILES string of the molecule is CCCc1sc(NC(=O)C(c2ccccc2)c2ccccc2)nc1-c1ccc(Cl)c(Cl)c1. The number of benzene rings is 3. The molecule has 0 radical (unpaired) electrons. The Kier molecular flexibility index (Phi) is 7.26. The molecule has 0 saturated heterocycles. The highest BCUT2D eigenvalue weighted by Crippen LogP contribution is 2.36. The van der Waals surface area contributed by atoms with Crippen molar-refractivity contribution in [2.45, 2.75) is 25.7 Å². The fraction of sp³-hybridized carbons (Fsp3) is 0.154. The zero-order valence-corrected chi connectivity index (χ0v) is 19.8. The van der Waals surface area contributed by atoms with E-state index in [0.29, 0.717) is 15.2 Å². The fourth-order valence-electron chi connectivity index (χ4n) is 3.63. The molecule has 0 fully saturated rings. The fourth-order valence-corrected chi connectivity index (χ4v) is 5.02. The molecule has 0 aliphatic rings. The van der Waals surface area contributed by atoms with Crippen LogP contribution in [0.5, 0.6) is 0 Å². The number of nitrogens with one attached hydrogen (secondary N) is 1. The summed E-state index contributed by atoms with van der Waals surface area (Å²) in [5, 5.41) is 4.63. The molecule has 0 atom stereocenters. The maximum atomic E-state index is 13.4. The number of amides is 1. The topological polar surface area (TPSA) is 42.0 Å². The van der Waals surface area contributed by atoms with Crippen LogP contribution < -0.4 is 5.32 Å². The van der Waals surface area contributed by atoms with Crippen LogP contribution in [0.3, 0.4) is 0 Å². The van der Waals surface area contributed by atoms with Crippen molar-refractivity contribution in [2.75, 3.05) is 5.32 Å². The van der Waals surface area contributed by atoms with E-state index >= 15 is 0 Å². The Morgan fingerprint density at radius 3 is 2.12 bits per heavy atom. The first-order chi connectivity index (χ1) is 15.6. The Hall–Kier alpha value is -2.66. The minimum absolute atomic E-state index is 0.111. The summed E-state index contributed by atoms with van der Waals surface area (Å²) in [5.74, 6) is -0.538. The summed E-state index contributed by atoms with van der Waals surface area (Å²) in [6.45, 7) is 2.12. The predicted molar refractivity (Wildman–Crippen MR) is 135 cm³/mol. The van der Waals surface area contributed by atoms with Gasteiger partial charge in [0.25, 0.3) is 0 Å². The van der Waals surface area contributed by atoms with Crippen molar-refractivity contribution in [3.63, 3.8) is 0 Å². The van der Waals surface area contributed by atoms with Crippen LogP contribution in [0.15, 0.2) is 78.9 Å². The number of carbonyl (C=O) groups excluding carboxylic acids is 1. The maximum absolute atomic E-state index is 13.4. The maximum Gasteiger partial charge on any atom is 0.238 e. The van der Waals surface area contributed by atoms with Gasteiger partial charge in [-0.2, -0.15) is 0 Å². The van der Waals surface area contributed by atoms with Crippen molar-refractivity contribution in [3.8, 4) is 11.3 Å². The van der Waals surface area contributed by atoms with E-state index < -0.39 is 5.92 Å². The average Bonchev–Trinajstić information content (AvgIpc) is 3.19. The zero-order chi connectivity index (χ0) is 22.5. The number of halogens is 2. The lowest BCUT2D eigenvalue weighted by Gasteiger charge is -2.17. The van der Waals surface area contributed by atoms with E-state index in [4.69, 9.17) is 28.2 Å². The summed E-state index contributed by atoms with van der Waals surface area (Å²) >= 11 is 13.8. The van der Waals surface area contributed by atoms with Crippen molar-refractivity contribution in [1.82, 2.24) is 4.98 Å². The highest BCUT2D eigenvalue weighted by Gasteiger charge is 2.24. The molecular weight excluding hydrogens is 459 g/mol. The van der Waals surface area contributed by atoms with Crippen molar-refractivity contribution in [2.24, 2.45) is 0 Å². The Bertz CT molecular complexity index is 1170. The second kappa shape index (κ2) is 10.3. The number of hydrogen-bond acceptors (Lipinski definition) is 3. The molecule has 162 valence electrons. The molecule has 32 heavy (non-hydrogen) atoms. The third-order valence-electron chi connectivity index (χ3n) is 5.13. The molecule has 3 aromatic carbocycles. The van der Waals surface area contributed by atoms with Crippen LogP contribution in [0.2, 0.25) is 10.0 Å². The van der Waals surface area contributed by atoms with Crippen molar-refractivity contribution >= 4 is 45.6 Å². The Morgan fingerprint density at radius 1 is 0.938 bits per heavy atom. The molecule has 0 saturated carbocycles. The molecule has 4 rings (SSSR count). The van der Waals surface area contributed by atoms with E-state index in [1.165, 1.54) is 11.3 Å². The first-order valence-corrected chi connectivity index (χ1v) is 12.0. The molecule has 0 aliphatic carbocycles. The van der Waals surface area contributed by atoms with Gasteiger partial charge in [0.1, 0.15) is 0 Å². The summed E-state index contributed by atoms with van der Waals surface area (Å²) in [4.78, 5) is 19.3. The van der Waals surface area contributed by atoms with E-state index in [0.717, 1.165) is 40.1 Å². The molecule has 4 aromatic rings. The van der Waals surface area contributed by atoms with Crippen LogP contribution in [0, 0.1) is 0 Å². The second-order valence-corrected chi connectivity index (χ2v) is 9.31. The van der Waals surface area contributed by atoms with Gasteiger partial charge in [-0.15, -0.1) is 11.3 Å². The number of carbonyl (C=O) groups is 1. The van der Waals surface area contributed by atoms with Crippen molar-refractivity contribution in [3.05, 3.63) is 105 Å². The Morgan fingerprint density at radius 2 is 1.56 bits per heavy atom. The first-order valence-electron chi connectivity index (χ1n) is 10.4. The third-order valence-corrected chi connectivity index (χ3v) is 6.90. The van der Waals surface area contributed by atoms with E-state index in [1.54, 1.807) is 6.07 Å². The van der Waals surface area contributed by atoms with Gasteiger partial charge in [0.15, 0.2) is 5.13 Å². The van der Waals surface area contributed by atoms with Gasteiger partial charge in [-0.25, -0.2) is 4.98 Å². The number of hydrogen-bond donors (Lipinski definition) is 1. The van der Waals surface area contributed by atoms with E-state index in [-0.39, 0.29) is 5.91 Å². The van der Waals surface area contributed by atoms with Gasteiger partial charge >= 0.3 is 0 Å². The molecule has 6 heteroatoms. The van der Waals surface area contributed by atoms with Gasteiger partial charge in [-0.3, -0.25) is 4.79 Å². The lowest BCUT2D eigenvalue weighted by molar-refractivity contribution is -0.116. The van der Waals surface area contributed by atoms with Crippen LogP contribution in [-0.2, 0) is 11.2 Å². The third kappa shape index (κ3) is 5.04. The van der Waals surface area contributed by atoms with Gasteiger partial charge in [0.2, 0.25) is 5.91 Å². The van der Waals surface area contributed by atoms with Crippen LogP contribution in [0.25, 0.3) is 11.3 Å². The molecule has 1 heterocycles. The number of thiazole rings is 1. The highest BCUT2D eigenvalue weighted by molar-refractivity contribution is 7.16. The minimum Gasteiger partial charge on any atom is -0.301 e. The van der Waals surface area contributed by atoms with E-state index in [2.05, 4.69) is 12.2 Å². The van der Waals surface area contributed by atoms with E-state index in [9.17, 15) is 4.79 Å². The van der Waals surface area contributed by atoms with Crippen LogP contribution in [0.1, 0.15) is 35.3 Å². The Balaban J connectivity index is 1.67. The standard InChI is InChI=1S/C26H22Cl2N2OS/c1-2-9-22-24(19-14-15-20(27)21(28)16-19)29-26(32-22)30-25(31)23(17-10-5-3-6-11-17)18-12-7-4-8-13-18/h3-8,10-16,23H,2,9H2,1H3,(H,29,30,31). The zero-order valence-electron chi connectivity index (χ0n) is 17.5. The average molecular weight is 481 g/mol. The molecule has 0 spiro atoms. The summed E-state index contributed by atoms with van der Waals surface area (Å²) in [5.41, 5.74) is 3.60. The van der Waals surface area contributed by atoms with Crippen LogP contribution in [0.4, 0.5) is 5.13 Å². The summed E-state index contributed by atoms with van der Waals surface area (Å²) < 4.78 is 0. The second-order valence-electron chi connectivity index (χ2n) is 7.41. The first kappa shape index (κ1) is 22.5. The summed E-state index contributed by atoms with van der Waals surface area (Å²) in [7, 11) is 0. The molecule has 0 bridgehead atoms. The number of rotatable bonds is 7. The van der Waals surface area contributed by atoms with Gasteiger partial charge in [-0.05, 0) is 29.7 Å². The summed E-state index contributed by atoms with van der Waals surface area (Å²) in [6, 6.07) is 25.1. The highest BCUT2D eigenvalue weighted by atomic mass is 35.5. The molecular formula is C26H22Cl2N2OS. The predicted octanol–water partition coefficient (Wildman–Crippen LogP) is 7.84. The number of nitrogens with zero attached hydrogens (tertiary/aromatic N) is 1. The van der Waals surface area contributed by atoms with Gasteiger partial charge in [0.05, 0.1) is 21.7 Å². The van der Waals surface area contributed by atoms with Gasteiger partial charge in [0, 0.05) is 10.4 Å². The monoisotopic (exact) mass is 480 g/mol. The molecule has 1 aromatic heterocycles. The number of aryl methyl sites for hydroxylation is 1. The lowest BCUT2D eigenvalue weighted by Crippen LogP contribution is -2.22. The van der Waals surface area contributed by atoms with Crippen molar-refractivity contribution < 1.29 is 4.79 Å². The van der Waals surface area contributed by atoms with Crippen LogP contribution >= 0.6 is 34.5 Å². The molecule has 3 nitrogen and oxygen atoms in total. The molecule has 0 aliphatic heterocycles. The minimum atomic E-state index is -0.427.